The summed E-state index contributed by atoms with van der Waals surface area (Å²) in [5.41, 5.74) is 1.91. The molecule has 1 N–H and O–H groups in total. The number of carboxylic acids is 1. The molecule has 0 saturated heterocycles. The molecule has 9 heteroatoms. The van der Waals surface area contributed by atoms with Gasteiger partial charge in [0.15, 0.2) is 5.60 Å². The van der Waals surface area contributed by atoms with E-state index in [2.05, 4.69) is 4.98 Å². The molecule has 4 rings (SSSR count). The number of rotatable bonds is 7. The van der Waals surface area contributed by atoms with Crippen molar-refractivity contribution in [2.45, 2.75) is 45.4 Å². The number of nitrogens with zero attached hydrogens (tertiary/aromatic N) is 3. The molecule has 3 heterocycles. The standard InChI is InChI=1S/C24H25ClFN3O4/c1-24(2,23(31)32)33-11-8-21(30)28-10-7-17-18-4-3-9-27-22(18)29(20(17)14-28)13-15-5-6-16(25)12-19(15)26/h3-6,9,12H,7-8,10-11,13-14H2,1-2H3,(H,31,32). The van der Waals surface area contributed by atoms with Gasteiger partial charge in [0, 0.05) is 34.4 Å². The zero-order chi connectivity index (χ0) is 23.8. The Morgan fingerprint density at radius 2 is 2.09 bits per heavy atom. The maximum Gasteiger partial charge on any atom is 0.335 e. The third-order valence-electron chi connectivity index (χ3n) is 6.00. The third kappa shape index (κ3) is 4.72. The zero-order valence-electron chi connectivity index (χ0n) is 18.5. The molecule has 1 aliphatic rings. The molecule has 1 amide bonds. The predicted molar refractivity (Wildman–Crippen MR) is 122 cm³/mol. The van der Waals surface area contributed by atoms with Crippen LogP contribution in [0.1, 0.15) is 37.1 Å². The summed E-state index contributed by atoms with van der Waals surface area (Å²) in [6.45, 7) is 4.09. The van der Waals surface area contributed by atoms with E-state index in [-0.39, 0.29) is 25.5 Å². The second-order valence-corrected chi connectivity index (χ2v) is 9.04. The highest BCUT2D eigenvalue weighted by atomic mass is 35.5. The van der Waals surface area contributed by atoms with Crippen LogP contribution >= 0.6 is 11.6 Å². The Balaban J connectivity index is 1.57. The summed E-state index contributed by atoms with van der Waals surface area (Å²) in [6, 6.07) is 8.47. The van der Waals surface area contributed by atoms with Gasteiger partial charge in [-0.3, -0.25) is 4.79 Å². The maximum atomic E-state index is 14.5. The molecule has 0 unspecified atom stereocenters. The Labute approximate surface area is 195 Å². The number of carbonyl (C=O) groups is 2. The number of amides is 1. The molecule has 3 aromatic rings. The highest BCUT2D eigenvalue weighted by Crippen LogP contribution is 2.31. The number of carbonyl (C=O) groups excluding carboxylic acids is 1. The second-order valence-electron chi connectivity index (χ2n) is 8.60. The minimum atomic E-state index is -1.35. The van der Waals surface area contributed by atoms with Crippen molar-refractivity contribution in [3.63, 3.8) is 0 Å². The lowest BCUT2D eigenvalue weighted by atomic mass is 10.0. The van der Waals surface area contributed by atoms with Gasteiger partial charge in [0.2, 0.25) is 5.91 Å². The highest BCUT2D eigenvalue weighted by molar-refractivity contribution is 6.30. The van der Waals surface area contributed by atoms with E-state index in [1.165, 1.54) is 19.9 Å². The normalized spacial score (nSPS) is 13.9. The van der Waals surface area contributed by atoms with Crippen LogP contribution in [0.5, 0.6) is 0 Å². The van der Waals surface area contributed by atoms with E-state index in [0.29, 0.717) is 30.1 Å². The lowest BCUT2D eigenvalue weighted by Gasteiger charge is -2.29. The first-order valence-corrected chi connectivity index (χ1v) is 11.1. The largest absolute Gasteiger partial charge is 0.479 e. The number of aromatic nitrogens is 2. The molecular weight excluding hydrogens is 449 g/mol. The van der Waals surface area contributed by atoms with Gasteiger partial charge in [-0.15, -0.1) is 0 Å². The summed E-state index contributed by atoms with van der Waals surface area (Å²) < 4.78 is 21.9. The van der Waals surface area contributed by atoms with Gasteiger partial charge in [0.05, 0.1) is 26.1 Å². The fourth-order valence-electron chi connectivity index (χ4n) is 4.08. The van der Waals surface area contributed by atoms with Crippen LogP contribution in [0.15, 0.2) is 36.5 Å². The molecule has 0 radical (unpaired) electrons. The van der Waals surface area contributed by atoms with Crippen LogP contribution in [0, 0.1) is 5.82 Å². The van der Waals surface area contributed by atoms with Gasteiger partial charge in [0.25, 0.3) is 0 Å². The summed E-state index contributed by atoms with van der Waals surface area (Å²) >= 11 is 5.90. The fraction of sp³-hybridized carbons (Fsp3) is 0.375. The van der Waals surface area contributed by atoms with Gasteiger partial charge >= 0.3 is 5.97 Å². The van der Waals surface area contributed by atoms with Crippen LogP contribution in [0.25, 0.3) is 11.0 Å². The van der Waals surface area contributed by atoms with Crippen molar-refractivity contribution in [1.29, 1.82) is 0 Å². The number of benzene rings is 1. The van der Waals surface area contributed by atoms with Crippen LogP contribution < -0.4 is 0 Å². The van der Waals surface area contributed by atoms with Crippen molar-refractivity contribution >= 4 is 34.5 Å². The fourth-order valence-corrected chi connectivity index (χ4v) is 4.24. The number of fused-ring (bicyclic) bond motifs is 3. The van der Waals surface area contributed by atoms with Crippen LogP contribution in [0.2, 0.25) is 5.02 Å². The number of hydrogen-bond acceptors (Lipinski definition) is 4. The van der Waals surface area contributed by atoms with Gasteiger partial charge in [-0.2, -0.15) is 0 Å². The van der Waals surface area contributed by atoms with E-state index in [1.54, 1.807) is 23.2 Å². The van der Waals surface area contributed by atoms with Gasteiger partial charge in [-0.05, 0) is 50.1 Å². The van der Waals surface area contributed by atoms with Crippen LogP contribution in [0.4, 0.5) is 4.39 Å². The van der Waals surface area contributed by atoms with Crippen molar-refractivity contribution in [3.05, 3.63) is 64.2 Å². The molecule has 1 aliphatic heterocycles. The van der Waals surface area contributed by atoms with Gasteiger partial charge in [0.1, 0.15) is 11.5 Å². The van der Waals surface area contributed by atoms with Gasteiger partial charge in [-0.1, -0.05) is 17.7 Å². The molecule has 0 atom stereocenters. The Hall–Kier alpha value is -2.97. The molecule has 1 aromatic carbocycles. The molecule has 174 valence electrons. The summed E-state index contributed by atoms with van der Waals surface area (Å²) in [5.74, 6) is -1.59. The smallest absolute Gasteiger partial charge is 0.335 e. The van der Waals surface area contributed by atoms with E-state index in [4.69, 9.17) is 21.4 Å². The summed E-state index contributed by atoms with van der Waals surface area (Å²) in [6.07, 6.45) is 2.43. The average molecular weight is 474 g/mol. The molecule has 2 aromatic heterocycles. The summed E-state index contributed by atoms with van der Waals surface area (Å²) in [5, 5.41) is 10.5. The highest BCUT2D eigenvalue weighted by Gasteiger charge is 2.30. The number of carboxylic acid groups (broad SMARTS) is 1. The first kappa shape index (κ1) is 23.2. The van der Waals surface area contributed by atoms with Gasteiger partial charge in [-0.25, -0.2) is 14.2 Å². The Kier molecular flexibility index (Phi) is 6.41. The van der Waals surface area contributed by atoms with Crippen molar-refractivity contribution in [1.82, 2.24) is 14.5 Å². The second kappa shape index (κ2) is 9.11. The van der Waals surface area contributed by atoms with Crippen molar-refractivity contribution < 1.29 is 23.8 Å². The first-order valence-electron chi connectivity index (χ1n) is 10.7. The minimum absolute atomic E-state index is 0.0159. The number of pyridine rings is 1. The molecule has 7 nitrogen and oxygen atoms in total. The van der Waals surface area contributed by atoms with E-state index in [0.717, 1.165) is 22.3 Å². The Bertz CT molecular complexity index is 1220. The first-order chi connectivity index (χ1) is 15.7. The Morgan fingerprint density at radius 3 is 2.82 bits per heavy atom. The molecule has 0 bridgehead atoms. The third-order valence-corrected chi connectivity index (χ3v) is 6.24. The van der Waals surface area contributed by atoms with E-state index >= 15 is 0 Å². The number of aliphatic carboxylic acids is 1. The predicted octanol–water partition coefficient (Wildman–Crippen LogP) is 4.03. The average Bonchev–Trinajstić information content (AvgIpc) is 3.08. The number of halogens is 2. The summed E-state index contributed by atoms with van der Waals surface area (Å²) in [4.78, 5) is 30.3. The lowest BCUT2D eigenvalue weighted by Crippen LogP contribution is -2.39. The number of ether oxygens (including phenoxy) is 1. The topological polar surface area (TPSA) is 84.7 Å². The minimum Gasteiger partial charge on any atom is -0.479 e. The van der Waals surface area contributed by atoms with Crippen molar-refractivity contribution in [2.24, 2.45) is 0 Å². The summed E-state index contributed by atoms with van der Waals surface area (Å²) in [7, 11) is 0. The molecule has 0 saturated carbocycles. The van der Waals surface area contributed by atoms with Crippen LogP contribution in [-0.4, -0.2) is 50.2 Å². The Morgan fingerprint density at radius 1 is 1.30 bits per heavy atom. The lowest BCUT2D eigenvalue weighted by molar-refractivity contribution is -0.162. The molecule has 0 aliphatic carbocycles. The quantitative estimate of drug-likeness (QED) is 0.560. The molecule has 33 heavy (non-hydrogen) atoms. The number of hydrogen-bond donors (Lipinski definition) is 1. The SMILES string of the molecule is CC(C)(OCCC(=O)N1CCc2c(n(Cc3ccc(Cl)cc3F)c3ncccc23)C1)C(=O)O. The monoisotopic (exact) mass is 473 g/mol. The molecule has 0 spiro atoms. The van der Waals surface area contributed by atoms with E-state index in [9.17, 15) is 14.0 Å². The van der Waals surface area contributed by atoms with Gasteiger partial charge < -0.3 is 19.3 Å². The maximum absolute atomic E-state index is 14.5. The van der Waals surface area contributed by atoms with Crippen molar-refractivity contribution in [2.75, 3.05) is 13.2 Å². The molecule has 0 fully saturated rings. The van der Waals surface area contributed by atoms with E-state index in [1.807, 2.05) is 16.7 Å². The van der Waals surface area contributed by atoms with Crippen LogP contribution in [-0.2, 0) is 33.8 Å². The van der Waals surface area contributed by atoms with Crippen LogP contribution in [0.3, 0.4) is 0 Å². The van der Waals surface area contributed by atoms with E-state index < -0.39 is 17.4 Å². The van der Waals surface area contributed by atoms with Crippen molar-refractivity contribution in [3.8, 4) is 0 Å². The molecular formula is C24H25ClFN3O4. The zero-order valence-corrected chi connectivity index (χ0v) is 19.2.